The van der Waals surface area contributed by atoms with Crippen LogP contribution in [0.15, 0.2) is 47.3 Å². The first-order chi connectivity index (χ1) is 19.0. The second kappa shape index (κ2) is 11.3. The molecule has 0 spiro atoms. The van der Waals surface area contributed by atoms with Gasteiger partial charge in [0.25, 0.3) is 5.89 Å². The second-order valence-electron chi connectivity index (χ2n) is 11.6. The van der Waals surface area contributed by atoms with Gasteiger partial charge in [-0.25, -0.2) is 9.97 Å². The molecule has 2 N–H and O–H groups in total. The van der Waals surface area contributed by atoms with Crippen LogP contribution in [0.5, 0.6) is 0 Å². The molecule has 0 saturated carbocycles. The summed E-state index contributed by atoms with van der Waals surface area (Å²) in [5.74, 6) is 0.713. The van der Waals surface area contributed by atoms with Gasteiger partial charge < -0.3 is 14.8 Å². The van der Waals surface area contributed by atoms with Crippen LogP contribution in [0.2, 0.25) is 0 Å². The third-order valence-electron chi connectivity index (χ3n) is 6.93. The quantitative estimate of drug-likeness (QED) is 0.314. The van der Waals surface area contributed by atoms with E-state index in [2.05, 4.69) is 42.6 Å². The van der Waals surface area contributed by atoms with Crippen LogP contribution in [-0.2, 0) is 18.9 Å². The summed E-state index contributed by atoms with van der Waals surface area (Å²) in [6.07, 6.45) is 5.87. The maximum atomic E-state index is 13.3. The topological polar surface area (TPSA) is 135 Å². The van der Waals surface area contributed by atoms with E-state index in [1.54, 1.807) is 24.0 Å². The second-order valence-corrected chi connectivity index (χ2v) is 11.6. The summed E-state index contributed by atoms with van der Waals surface area (Å²) in [5.41, 5.74) is 4.51. The number of anilines is 2. The largest absolute Gasteiger partial charge is 0.418 e. The van der Waals surface area contributed by atoms with Crippen molar-refractivity contribution in [3.63, 3.8) is 0 Å². The van der Waals surface area contributed by atoms with E-state index in [4.69, 9.17) is 9.40 Å². The number of fused-ring (bicyclic) bond motifs is 1. The van der Waals surface area contributed by atoms with Gasteiger partial charge in [-0.1, -0.05) is 32.9 Å². The summed E-state index contributed by atoms with van der Waals surface area (Å²) in [7, 11) is 1.85. The summed E-state index contributed by atoms with van der Waals surface area (Å²) in [6, 6.07) is 8.18. The fourth-order valence-corrected chi connectivity index (χ4v) is 5.02. The SMILES string of the molecule is C[C@@H](O)CN1CCc2cc(-c3ccnc(Nc4cnn(C)c4)n3)ccc2C(CC(=O)c2nnc(C(C)(C)C)o2)C1. The summed E-state index contributed by atoms with van der Waals surface area (Å²) in [4.78, 5) is 24.6. The van der Waals surface area contributed by atoms with Crippen molar-refractivity contribution >= 4 is 17.4 Å². The van der Waals surface area contributed by atoms with E-state index in [9.17, 15) is 9.90 Å². The first-order valence-electron chi connectivity index (χ1n) is 13.5. The van der Waals surface area contributed by atoms with Crippen LogP contribution in [0.4, 0.5) is 11.6 Å². The summed E-state index contributed by atoms with van der Waals surface area (Å²) >= 11 is 0. The molecule has 2 atom stereocenters. The van der Waals surface area contributed by atoms with Gasteiger partial charge in [-0.3, -0.25) is 14.4 Å². The number of aryl methyl sites for hydroxylation is 1. The van der Waals surface area contributed by atoms with Crippen LogP contribution in [0, 0.1) is 0 Å². The zero-order valence-electron chi connectivity index (χ0n) is 23.6. The average Bonchev–Trinajstić information content (AvgIpc) is 3.52. The predicted octanol–water partition coefficient (Wildman–Crippen LogP) is 3.90. The zero-order valence-corrected chi connectivity index (χ0v) is 23.6. The van der Waals surface area contributed by atoms with Crippen LogP contribution in [0.1, 0.15) is 67.7 Å². The molecule has 0 aliphatic carbocycles. The molecule has 11 heteroatoms. The Bertz CT molecular complexity index is 1490. The molecule has 5 rings (SSSR count). The molecule has 210 valence electrons. The Morgan fingerprint density at radius 3 is 2.77 bits per heavy atom. The van der Waals surface area contributed by atoms with Crippen LogP contribution in [0.3, 0.4) is 0 Å². The fourth-order valence-electron chi connectivity index (χ4n) is 5.02. The third-order valence-corrected chi connectivity index (χ3v) is 6.93. The summed E-state index contributed by atoms with van der Waals surface area (Å²) in [6.45, 7) is 9.66. The van der Waals surface area contributed by atoms with E-state index in [-0.39, 0.29) is 29.4 Å². The molecule has 0 radical (unpaired) electrons. The molecule has 11 nitrogen and oxygen atoms in total. The van der Waals surface area contributed by atoms with E-state index in [0.29, 0.717) is 24.9 Å². The molecule has 0 bridgehead atoms. The van der Waals surface area contributed by atoms with Crippen molar-refractivity contribution in [1.82, 2.24) is 34.8 Å². The van der Waals surface area contributed by atoms with E-state index in [0.717, 1.165) is 41.0 Å². The Kier molecular flexibility index (Phi) is 7.77. The number of benzene rings is 1. The lowest BCUT2D eigenvalue weighted by molar-refractivity contribution is 0.0917. The number of ketones is 1. The van der Waals surface area contributed by atoms with Gasteiger partial charge in [-0.15, -0.1) is 10.2 Å². The lowest BCUT2D eigenvalue weighted by Gasteiger charge is -2.25. The highest BCUT2D eigenvalue weighted by molar-refractivity contribution is 5.92. The highest BCUT2D eigenvalue weighted by atomic mass is 16.4. The van der Waals surface area contributed by atoms with Crippen molar-refractivity contribution in [1.29, 1.82) is 0 Å². The van der Waals surface area contributed by atoms with E-state index in [1.165, 1.54) is 0 Å². The van der Waals surface area contributed by atoms with Crippen molar-refractivity contribution in [3.05, 3.63) is 65.8 Å². The molecule has 4 heterocycles. The summed E-state index contributed by atoms with van der Waals surface area (Å²) in [5, 5.41) is 25.6. The average molecular weight is 545 g/mol. The smallest absolute Gasteiger partial charge is 0.284 e. The molecule has 40 heavy (non-hydrogen) atoms. The molecular weight excluding hydrogens is 508 g/mol. The molecular formula is C29H36N8O3. The number of nitrogens with zero attached hydrogens (tertiary/aromatic N) is 7. The van der Waals surface area contributed by atoms with Gasteiger partial charge in [0.05, 0.1) is 23.7 Å². The van der Waals surface area contributed by atoms with Crippen molar-refractivity contribution in [2.24, 2.45) is 7.05 Å². The number of aliphatic hydroxyl groups excluding tert-OH is 1. The van der Waals surface area contributed by atoms with Gasteiger partial charge in [-0.2, -0.15) is 5.10 Å². The minimum absolute atomic E-state index is 0.0454. The Balaban J connectivity index is 1.41. The van der Waals surface area contributed by atoms with Gasteiger partial charge in [0.1, 0.15) is 0 Å². The van der Waals surface area contributed by atoms with Crippen molar-refractivity contribution in [3.8, 4) is 11.3 Å². The Morgan fingerprint density at radius 2 is 2.08 bits per heavy atom. The molecule has 1 aliphatic heterocycles. The molecule has 0 saturated heterocycles. The fraction of sp³-hybridized carbons (Fsp3) is 0.448. The van der Waals surface area contributed by atoms with Gasteiger partial charge in [0.15, 0.2) is 0 Å². The number of aliphatic hydroxyl groups is 1. The molecule has 3 aromatic heterocycles. The van der Waals surface area contributed by atoms with Crippen LogP contribution >= 0.6 is 0 Å². The lowest BCUT2D eigenvalue weighted by Crippen LogP contribution is -2.34. The normalized spacial score (nSPS) is 16.8. The minimum atomic E-state index is -0.467. The third kappa shape index (κ3) is 6.43. The highest BCUT2D eigenvalue weighted by Crippen LogP contribution is 2.33. The number of β-amino-alcohol motifs (C(OH)–C–C–N with tert-alkyl or cyclic N) is 1. The molecule has 0 amide bonds. The minimum Gasteiger partial charge on any atom is -0.418 e. The summed E-state index contributed by atoms with van der Waals surface area (Å²) < 4.78 is 7.45. The van der Waals surface area contributed by atoms with E-state index in [1.807, 2.05) is 46.1 Å². The van der Waals surface area contributed by atoms with Crippen LogP contribution < -0.4 is 5.32 Å². The number of aromatic nitrogens is 6. The highest BCUT2D eigenvalue weighted by Gasteiger charge is 2.30. The monoisotopic (exact) mass is 544 g/mol. The Labute approximate surface area is 233 Å². The van der Waals surface area contributed by atoms with Gasteiger partial charge >= 0.3 is 0 Å². The van der Waals surface area contributed by atoms with Gasteiger partial charge in [0.2, 0.25) is 17.6 Å². The predicted molar refractivity (Wildman–Crippen MR) is 150 cm³/mol. The Morgan fingerprint density at radius 1 is 1.25 bits per heavy atom. The standard InChI is InChI=1S/C29H36N8O3/c1-18(38)15-37-11-9-19-12-20(24-8-10-30-28(33-24)32-22-14-31-36(5)17-22)6-7-23(19)21(16-37)13-25(39)26-34-35-27(40-26)29(2,3)4/h6-8,10,12,14,17-18,21,38H,9,11,13,15-16H2,1-5H3,(H,30,32,33)/t18-,21?/m1/s1. The van der Waals surface area contributed by atoms with Crippen LogP contribution in [0.25, 0.3) is 11.3 Å². The number of nitrogens with one attached hydrogen (secondary N) is 1. The lowest BCUT2D eigenvalue weighted by atomic mass is 9.88. The van der Waals surface area contributed by atoms with Crippen molar-refractivity contribution in [2.45, 2.75) is 58.0 Å². The number of rotatable bonds is 8. The first-order valence-corrected chi connectivity index (χ1v) is 13.5. The molecule has 4 aromatic rings. The number of carbonyl (C=O) groups excluding carboxylic acids is 1. The van der Waals surface area contributed by atoms with Crippen LogP contribution in [-0.4, -0.2) is 71.5 Å². The number of hydrogen-bond donors (Lipinski definition) is 2. The molecule has 0 fully saturated rings. The van der Waals surface area contributed by atoms with E-state index >= 15 is 0 Å². The maximum absolute atomic E-state index is 13.3. The number of hydrogen-bond acceptors (Lipinski definition) is 10. The Hall–Kier alpha value is -3.96. The zero-order chi connectivity index (χ0) is 28.4. The van der Waals surface area contributed by atoms with Gasteiger partial charge in [-0.05, 0) is 36.6 Å². The number of Topliss-reactive ketones (excluding diaryl/α,β-unsaturated/α-hetero) is 1. The molecule has 1 aromatic carbocycles. The van der Waals surface area contributed by atoms with Gasteiger partial charge in [0, 0.05) is 62.4 Å². The maximum Gasteiger partial charge on any atom is 0.284 e. The first kappa shape index (κ1) is 27.6. The van der Waals surface area contributed by atoms with Crippen molar-refractivity contribution < 1.29 is 14.3 Å². The van der Waals surface area contributed by atoms with E-state index < -0.39 is 6.10 Å². The molecule has 1 aliphatic rings. The van der Waals surface area contributed by atoms with Crippen molar-refractivity contribution in [2.75, 3.05) is 25.0 Å². The number of carbonyl (C=O) groups is 1. The molecule has 1 unspecified atom stereocenters.